The van der Waals surface area contributed by atoms with Gasteiger partial charge in [-0.2, -0.15) is 0 Å². The lowest BCUT2D eigenvalue weighted by molar-refractivity contribution is 0.000326. The molecular weight excluding hydrogens is 348 g/mol. The Labute approximate surface area is 160 Å². The van der Waals surface area contributed by atoms with Crippen molar-refractivity contribution in [1.29, 1.82) is 0 Å². The van der Waals surface area contributed by atoms with Crippen LogP contribution in [0.4, 0.5) is 8.78 Å². The normalized spacial score (nSPS) is 28.4. The number of piperidine rings is 1. The highest BCUT2D eigenvalue weighted by Crippen LogP contribution is 2.36. The maximum absolute atomic E-state index is 14.2. The highest BCUT2D eigenvalue weighted by atomic mass is 19.3. The first-order valence-electron chi connectivity index (χ1n) is 10.5. The largest absolute Gasteiger partial charge is 0.490 e. The molecule has 3 aliphatic rings. The van der Waals surface area contributed by atoms with Gasteiger partial charge >= 0.3 is 0 Å². The summed E-state index contributed by atoms with van der Waals surface area (Å²) in [4.78, 5) is 8.68. The molecule has 1 aromatic rings. The first kappa shape index (κ1) is 19.1. The molecule has 4 rings (SSSR count). The van der Waals surface area contributed by atoms with Gasteiger partial charge < -0.3 is 9.64 Å². The summed E-state index contributed by atoms with van der Waals surface area (Å²) in [5.74, 6) is -1.96. The molecule has 150 valence electrons. The second-order valence-corrected chi connectivity index (χ2v) is 8.44. The minimum absolute atomic E-state index is 0.101. The lowest BCUT2D eigenvalue weighted by Gasteiger charge is -2.42. The van der Waals surface area contributed by atoms with Gasteiger partial charge in [0.2, 0.25) is 0 Å². The summed E-state index contributed by atoms with van der Waals surface area (Å²) in [5.41, 5.74) is 0. The van der Waals surface area contributed by atoms with E-state index in [9.17, 15) is 8.78 Å². The second kappa shape index (κ2) is 8.39. The Hall–Kier alpha value is -1.27. The zero-order chi connectivity index (χ0) is 18.7. The first-order chi connectivity index (χ1) is 13.1. The smallest absolute Gasteiger partial charge is 0.262 e. The Balaban J connectivity index is 1.33. The monoisotopic (exact) mass is 379 g/mol. The zero-order valence-corrected chi connectivity index (χ0v) is 16.0. The van der Waals surface area contributed by atoms with Crippen molar-refractivity contribution in [3.63, 3.8) is 0 Å². The van der Waals surface area contributed by atoms with Crippen LogP contribution in [-0.4, -0.2) is 65.1 Å². The number of hydrogen-bond donors (Lipinski definition) is 0. The van der Waals surface area contributed by atoms with Crippen molar-refractivity contribution in [2.24, 2.45) is 0 Å². The van der Waals surface area contributed by atoms with Crippen molar-refractivity contribution in [3.05, 3.63) is 24.5 Å². The Bertz CT molecular complexity index is 586. The van der Waals surface area contributed by atoms with Crippen LogP contribution in [0.1, 0.15) is 51.4 Å². The lowest BCUT2D eigenvalue weighted by atomic mass is 9.91. The van der Waals surface area contributed by atoms with E-state index in [1.54, 1.807) is 18.5 Å². The molecule has 2 saturated heterocycles. The third kappa shape index (κ3) is 4.77. The molecule has 27 heavy (non-hydrogen) atoms. The number of rotatable bonds is 5. The summed E-state index contributed by atoms with van der Waals surface area (Å²) in [6.45, 7) is 2.29. The van der Waals surface area contributed by atoms with Gasteiger partial charge in [-0.05, 0) is 50.9 Å². The van der Waals surface area contributed by atoms with Crippen LogP contribution in [0.3, 0.4) is 0 Å². The molecular formula is C21H31F2N3O. The molecule has 0 unspecified atom stereocenters. The molecule has 0 aromatic carbocycles. The highest BCUT2D eigenvalue weighted by molar-refractivity contribution is 5.15. The number of pyridine rings is 1. The van der Waals surface area contributed by atoms with Crippen LogP contribution in [0.2, 0.25) is 0 Å². The van der Waals surface area contributed by atoms with Crippen molar-refractivity contribution in [1.82, 2.24) is 14.8 Å². The van der Waals surface area contributed by atoms with Gasteiger partial charge in [-0.1, -0.05) is 19.3 Å². The summed E-state index contributed by atoms with van der Waals surface area (Å²) >= 11 is 0. The molecule has 0 N–H and O–H groups in total. The van der Waals surface area contributed by atoms with Gasteiger partial charge in [0.1, 0.15) is 12.4 Å². The Morgan fingerprint density at radius 2 is 1.85 bits per heavy atom. The predicted molar refractivity (Wildman–Crippen MR) is 101 cm³/mol. The van der Waals surface area contributed by atoms with Gasteiger partial charge in [0.05, 0.1) is 18.8 Å². The van der Waals surface area contributed by atoms with Crippen LogP contribution in [0.15, 0.2) is 24.5 Å². The number of ether oxygens (including phenoxy) is 1. The molecule has 1 aromatic heterocycles. The Morgan fingerprint density at radius 1 is 1.07 bits per heavy atom. The summed E-state index contributed by atoms with van der Waals surface area (Å²) in [5, 5.41) is 0. The van der Waals surface area contributed by atoms with E-state index in [1.165, 1.54) is 32.1 Å². The van der Waals surface area contributed by atoms with Gasteiger partial charge in [0.25, 0.3) is 5.92 Å². The van der Waals surface area contributed by atoms with E-state index in [-0.39, 0.29) is 25.0 Å². The van der Waals surface area contributed by atoms with E-state index in [4.69, 9.17) is 4.74 Å². The van der Waals surface area contributed by atoms with Crippen molar-refractivity contribution < 1.29 is 13.5 Å². The average molecular weight is 379 g/mol. The molecule has 3 heterocycles. The van der Waals surface area contributed by atoms with E-state index < -0.39 is 5.92 Å². The van der Waals surface area contributed by atoms with E-state index in [1.807, 2.05) is 11.0 Å². The maximum atomic E-state index is 14.2. The second-order valence-electron chi connectivity index (χ2n) is 8.44. The quantitative estimate of drug-likeness (QED) is 0.774. The fourth-order valence-electron chi connectivity index (χ4n) is 5.16. The number of likely N-dealkylation sites (tertiary alicyclic amines) is 2. The summed E-state index contributed by atoms with van der Waals surface area (Å²) < 4.78 is 34.1. The van der Waals surface area contributed by atoms with Crippen molar-refractivity contribution in [2.45, 2.75) is 75.4 Å². The molecule has 3 fully saturated rings. The first-order valence-corrected chi connectivity index (χ1v) is 10.5. The number of nitrogens with zero attached hydrogens (tertiary/aromatic N) is 3. The van der Waals surface area contributed by atoms with Crippen LogP contribution in [-0.2, 0) is 0 Å². The molecule has 4 nitrogen and oxygen atoms in total. The van der Waals surface area contributed by atoms with Crippen LogP contribution in [0.5, 0.6) is 5.75 Å². The van der Waals surface area contributed by atoms with Crippen LogP contribution >= 0.6 is 0 Å². The van der Waals surface area contributed by atoms with E-state index in [2.05, 4.69) is 9.88 Å². The Morgan fingerprint density at radius 3 is 2.56 bits per heavy atom. The van der Waals surface area contributed by atoms with Gasteiger partial charge in [-0.25, -0.2) is 8.78 Å². The molecule has 0 bridgehead atoms. The number of hydrogen-bond acceptors (Lipinski definition) is 4. The maximum Gasteiger partial charge on any atom is 0.262 e. The average Bonchev–Trinajstić information content (AvgIpc) is 3.02. The highest BCUT2D eigenvalue weighted by Gasteiger charge is 2.48. The minimum atomic E-state index is -2.61. The molecule has 0 radical (unpaired) electrons. The topological polar surface area (TPSA) is 28.6 Å². The number of alkyl halides is 2. The standard InChI is InChI=1S/C21H31F2N3O/c22-21(23)13-19(15-27-20-7-4-10-24-14-20)26(16-21)18-8-11-25(12-9-18)17-5-2-1-3-6-17/h4,7,10,14,17-19H,1-3,5-6,8-9,11-13,15-16H2/t19-/m0/s1. The lowest BCUT2D eigenvalue weighted by Crippen LogP contribution is -2.51. The molecule has 0 amide bonds. The van der Waals surface area contributed by atoms with E-state index >= 15 is 0 Å². The molecule has 6 heteroatoms. The van der Waals surface area contributed by atoms with Crippen LogP contribution in [0.25, 0.3) is 0 Å². The third-order valence-electron chi connectivity index (χ3n) is 6.55. The molecule has 0 spiro atoms. The van der Waals surface area contributed by atoms with Crippen molar-refractivity contribution in [3.8, 4) is 5.75 Å². The summed E-state index contributed by atoms with van der Waals surface area (Å²) in [6, 6.07) is 4.39. The molecule has 1 atom stereocenters. The van der Waals surface area contributed by atoms with Gasteiger partial charge in [0, 0.05) is 24.7 Å². The molecule has 1 saturated carbocycles. The summed E-state index contributed by atoms with van der Waals surface area (Å²) in [7, 11) is 0. The fourth-order valence-corrected chi connectivity index (χ4v) is 5.16. The van der Waals surface area contributed by atoms with Crippen LogP contribution < -0.4 is 4.74 Å². The summed E-state index contributed by atoms with van der Waals surface area (Å²) in [6.07, 6.45) is 11.9. The number of halogens is 2. The third-order valence-corrected chi connectivity index (χ3v) is 6.55. The Kier molecular flexibility index (Phi) is 5.93. The minimum Gasteiger partial charge on any atom is -0.490 e. The van der Waals surface area contributed by atoms with Crippen LogP contribution in [0, 0.1) is 0 Å². The molecule has 1 aliphatic carbocycles. The van der Waals surface area contributed by atoms with Gasteiger partial charge in [0.15, 0.2) is 0 Å². The SMILES string of the molecule is FC1(F)C[C@@H](COc2cccnc2)N(C2CCN(C3CCCCC3)CC2)C1. The number of aromatic nitrogens is 1. The van der Waals surface area contributed by atoms with E-state index in [0.717, 1.165) is 32.0 Å². The predicted octanol–water partition coefficient (Wildman–Crippen LogP) is 3.97. The van der Waals surface area contributed by atoms with E-state index in [0.29, 0.717) is 12.4 Å². The molecule has 2 aliphatic heterocycles. The van der Waals surface area contributed by atoms with Gasteiger partial charge in [-0.3, -0.25) is 9.88 Å². The van der Waals surface area contributed by atoms with Crippen molar-refractivity contribution >= 4 is 0 Å². The fraction of sp³-hybridized carbons (Fsp3) is 0.762. The van der Waals surface area contributed by atoms with Gasteiger partial charge in [-0.15, -0.1) is 0 Å². The zero-order valence-electron chi connectivity index (χ0n) is 16.0. The van der Waals surface area contributed by atoms with Crippen molar-refractivity contribution in [2.75, 3.05) is 26.2 Å².